The highest BCUT2D eigenvalue weighted by Crippen LogP contribution is 2.27. The highest BCUT2D eigenvalue weighted by molar-refractivity contribution is 5.32. The van der Waals surface area contributed by atoms with Crippen molar-refractivity contribution in [1.29, 1.82) is 0 Å². The first-order valence-electron chi connectivity index (χ1n) is 5.29. The van der Waals surface area contributed by atoms with Crippen LogP contribution in [-0.2, 0) is 0 Å². The highest BCUT2D eigenvalue weighted by atomic mass is 19.4. The third kappa shape index (κ3) is 4.00. The van der Waals surface area contributed by atoms with Gasteiger partial charge in [0.2, 0.25) is 0 Å². The molecule has 96 valence electrons. The van der Waals surface area contributed by atoms with Crippen LogP contribution in [0.5, 0.6) is 0 Å². The second kappa shape index (κ2) is 5.04. The minimum Gasteiger partial charge on any atom is -0.324 e. The lowest BCUT2D eigenvalue weighted by atomic mass is 9.98. The Balaban J connectivity index is 2.79. The molecule has 0 aliphatic rings. The zero-order valence-corrected chi connectivity index (χ0v) is 9.74. The first-order chi connectivity index (χ1) is 7.70. The summed E-state index contributed by atoms with van der Waals surface area (Å²) in [6.07, 6.45) is -5.32. The van der Waals surface area contributed by atoms with Crippen molar-refractivity contribution in [3.63, 3.8) is 0 Å². The number of rotatable bonds is 3. The van der Waals surface area contributed by atoms with E-state index in [-0.39, 0.29) is 12.2 Å². The monoisotopic (exact) mass is 249 g/mol. The summed E-state index contributed by atoms with van der Waals surface area (Å²) in [5, 5.41) is 0. The van der Waals surface area contributed by atoms with Crippen molar-refractivity contribution >= 4 is 0 Å². The van der Waals surface area contributed by atoms with E-state index in [0.717, 1.165) is 0 Å². The maximum absolute atomic E-state index is 13.3. The van der Waals surface area contributed by atoms with Gasteiger partial charge in [0.05, 0.1) is 0 Å². The number of aryl methyl sites for hydroxylation is 2. The summed E-state index contributed by atoms with van der Waals surface area (Å²) < 4.78 is 49.4. The lowest BCUT2D eigenvalue weighted by Gasteiger charge is -2.15. The quantitative estimate of drug-likeness (QED) is 0.810. The number of alkyl halides is 3. The molecule has 0 saturated carbocycles. The molecule has 1 aromatic carbocycles. The largest absolute Gasteiger partial charge is 0.389 e. The molecule has 0 saturated heterocycles. The van der Waals surface area contributed by atoms with Gasteiger partial charge in [-0.1, -0.05) is 12.1 Å². The summed E-state index contributed by atoms with van der Waals surface area (Å²) in [5.74, 6) is -0.336. The molecule has 0 aliphatic heterocycles. The number of benzene rings is 1. The Labute approximate surface area is 97.6 Å². The van der Waals surface area contributed by atoms with E-state index in [0.29, 0.717) is 16.7 Å². The standard InChI is InChI=1S/C12H15F4N/c1-7-5-9(6-8(2)11(7)13)10(17)3-4-12(14,15)16/h5-6,10H,3-4,17H2,1-2H3. The zero-order chi connectivity index (χ0) is 13.2. The van der Waals surface area contributed by atoms with E-state index in [1.54, 1.807) is 13.8 Å². The highest BCUT2D eigenvalue weighted by Gasteiger charge is 2.28. The normalized spacial score (nSPS) is 13.8. The maximum atomic E-state index is 13.3. The van der Waals surface area contributed by atoms with Gasteiger partial charge in [-0.05, 0) is 37.0 Å². The van der Waals surface area contributed by atoms with Crippen molar-refractivity contribution in [3.8, 4) is 0 Å². The first kappa shape index (κ1) is 14.0. The van der Waals surface area contributed by atoms with Crippen molar-refractivity contribution in [2.45, 2.75) is 38.9 Å². The van der Waals surface area contributed by atoms with Gasteiger partial charge in [0.25, 0.3) is 0 Å². The fourth-order valence-electron chi connectivity index (χ4n) is 1.68. The van der Waals surface area contributed by atoms with Crippen molar-refractivity contribution < 1.29 is 17.6 Å². The van der Waals surface area contributed by atoms with Crippen LogP contribution in [-0.4, -0.2) is 6.18 Å². The fourth-order valence-corrected chi connectivity index (χ4v) is 1.68. The van der Waals surface area contributed by atoms with E-state index in [4.69, 9.17) is 5.73 Å². The lowest BCUT2D eigenvalue weighted by molar-refractivity contribution is -0.136. The van der Waals surface area contributed by atoms with Crippen LogP contribution in [0, 0.1) is 19.7 Å². The van der Waals surface area contributed by atoms with Crippen LogP contribution < -0.4 is 5.73 Å². The van der Waals surface area contributed by atoms with E-state index in [2.05, 4.69) is 0 Å². The minimum atomic E-state index is -4.21. The number of nitrogens with two attached hydrogens (primary N) is 1. The predicted octanol–water partition coefficient (Wildman–Crippen LogP) is 3.78. The van der Waals surface area contributed by atoms with Gasteiger partial charge < -0.3 is 5.73 Å². The lowest BCUT2D eigenvalue weighted by Crippen LogP contribution is -2.16. The summed E-state index contributed by atoms with van der Waals surface area (Å²) in [7, 11) is 0. The number of hydrogen-bond donors (Lipinski definition) is 1. The zero-order valence-electron chi connectivity index (χ0n) is 9.74. The molecule has 1 unspecified atom stereocenters. The Hall–Kier alpha value is -1.10. The van der Waals surface area contributed by atoms with Crippen molar-refractivity contribution in [3.05, 3.63) is 34.6 Å². The molecule has 5 heteroatoms. The van der Waals surface area contributed by atoms with Crippen LogP contribution in [0.25, 0.3) is 0 Å². The summed E-state index contributed by atoms with van der Waals surface area (Å²) in [5.41, 5.74) is 7.02. The van der Waals surface area contributed by atoms with Crippen LogP contribution in [0.3, 0.4) is 0 Å². The van der Waals surface area contributed by atoms with Crippen LogP contribution in [0.2, 0.25) is 0 Å². The molecule has 0 amide bonds. The van der Waals surface area contributed by atoms with Crippen LogP contribution in [0.15, 0.2) is 12.1 Å². The Kier molecular flexibility index (Phi) is 4.14. The summed E-state index contributed by atoms with van der Waals surface area (Å²) in [6, 6.07) is 2.29. The Morgan fingerprint density at radius 3 is 2.06 bits per heavy atom. The van der Waals surface area contributed by atoms with Crippen LogP contribution in [0.4, 0.5) is 17.6 Å². The van der Waals surface area contributed by atoms with Crippen molar-refractivity contribution in [2.24, 2.45) is 5.73 Å². The van der Waals surface area contributed by atoms with E-state index in [1.807, 2.05) is 0 Å². The van der Waals surface area contributed by atoms with Crippen molar-refractivity contribution in [1.82, 2.24) is 0 Å². The Morgan fingerprint density at radius 1 is 1.18 bits per heavy atom. The SMILES string of the molecule is Cc1cc(C(N)CCC(F)(F)F)cc(C)c1F. The minimum absolute atomic E-state index is 0.186. The summed E-state index contributed by atoms with van der Waals surface area (Å²) in [4.78, 5) is 0. The molecule has 0 bridgehead atoms. The molecule has 0 radical (unpaired) electrons. The maximum Gasteiger partial charge on any atom is 0.389 e. The van der Waals surface area contributed by atoms with E-state index >= 15 is 0 Å². The number of hydrogen-bond acceptors (Lipinski definition) is 1. The average molecular weight is 249 g/mol. The molecule has 1 nitrogen and oxygen atoms in total. The number of halogens is 4. The molecular formula is C12H15F4N. The van der Waals surface area contributed by atoms with Gasteiger partial charge in [0.15, 0.2) is 0 Å². The molecule has 1 atom stereocenters. The van der Waals surface area contributed by atoms with Crippen molar-refractivity contribution in [2.75, 3.05) is 0 Å². The van der Waals surface area contributed by atoms with Gasteiger partial charge >= 0.3 is 6.18 Å². The molecule has 1 aromatic rings. The van der Waals surface area contributed by atoms with Gasteiger partial charge in [-0.25, -0.2) is 4.39 Å². The van der Waals surface area contributed by atoms with Gasteiger partial charge in [-0.3, -0.25) is 0 Å². The van der Waals surface area contributed by atoms with Crippen LogP contribution in [0.1, 0.15) is 35.6 Å². The molecule has 0 heterocycles. The Bertz CT molecular complexity index is 375. The molecule has 1 rings (SSSR count). The van der Waals surface area contributed by atoms with E-state index < -0.39 is 18.6 Å². The van der Waals surface area contributed by atoms with Gasteiger partial charge in [0.1, 0.15) is 5.82 Å². The van der Waals surface area contributed by atoms with Crippen LogP contribution >= 0.6 is 0 Å². The third-order valence-corrected chi connectivity index (χ3v) is 2.63. The second-order valence-corrected chi connectivity index (χ2v) is 4.23. The van der Waals surface area contributed by atoms with Gasteiger partial charge in [-0.15, -0.1) is 0 Å². The van der Waals surface area contributed by atoms with E-state index in [9.17, 15) is 17.6 Å². The van der Waals surface area contributed by atoms with Gasteiger partial charge in [-0.2, -0.15) is 13.2 Å². The third-order valence-electron chi connectivity index (χ3n) is 2.63. The molecule has 2 N–H and O–H groups in total. The predicted molar refractivity (Wildman–Crippen MR) is 58.1 cm³/mol. The molecular weight excluding hydrogens is 234 g/mol. The summed E-state index contributed by atoms with van der Waals surface area (Å²) >= 11 is 0. The summed E-state index contributed by atoms with van der Waals surface area (Å²) in [6.45, 7) is 3.14. The molecule has 0 fully saturated rings. The smallest absolute Gasteiger partial charge is 0.324 e. The molecule has 0 aromatic heterocycles. The van der Waals surface area contributed by atoms with E-state index in [1.165, 1.54) is 12.1 Å². The second-order valence-electron chi connectivity index (χ2n) is 4.23. The fraction of sp³-hybridized carbons (Fsp3) is 0.500. The molecule has 0 spiro atoms. The first-order valence-corrected chi connectivity index (χ1v) is 5.29. The molecule has 17 heavy (non-hydrogen) atoms. The Morgan fingerprint density at radius 2 is 1.65 bits per heavy atom. The average Bonchev–Trinajstić information content (AvgIpc) is 2.20. The topological polar surface area (TPSA) is 26.0 Å². The van der Waals surface area contributed by atoms with Gasteiger partial charge in [0, 0.05) is 12.5 Å². The molecule has 0 aliphatic carbocycles.